The molecule has 0 aliphatic carbocycles. The van der Waals surface area contributed by atoms with Crippen molar-refractivity contribution in [2.45, 2.75) is 12.8 Å². The molecule has 0 spiro atoms. The van der Waals surface area contributed by atoms with E-state index in [1.807, 2.05) is 0 Å². The number of nitrogens with zero attached hydrogens (tertiary/aromatic N) is 1. The molecule has 20 heavy (non-hydrogen) atoms. The lowest BCUT2D eigenvalue weighted by Gasteiger charge is -2.17. The number of nitrogen functional groups attached to an aromatic ring is 1. The third kappa shape index (κ3) is 5.17. The summed E-state index contributed by atoms with van der Waals surface area (Å²) in [6, 6.07) is 7.00. The zero-order valence-electron chi connectivity index (χ0n) is 11.8. The van der Waals surface area contributed by atoms with Crippen LogP contribution in [-0.4, -0.2) is 44.1 Å². The molecular weight excluding hydrogens is 260 g/mol. The van der Waals surface area contributed by atoms with Gasteiger partial charge in [-0.05, 0) is 18.6 Å². The van der Waals surface area contributed by atoms with Crippen LogP contribution < -0.4 is 10.5 Å². The fourth-order valence-electron chi connectivity index (χ4n) is 1.55. The van der Waals surface area contributed by atoms with Crippen molar-refractivity contribution in [2.24, 2.45) is 0 Å². The fraction of sp³-hybridized carbons (Fsp3) is 0.429. The number of likely N-dealkylation sites (N-methyl/N-ethyl adjacent to an activating group) is 1. The van der Waals surface area contributed by atoms with E-state index in [2.05, 4.69) is 4.74 Å². The molecule has 1 aromatic rings. The molecule has 0 saturated heterocycles. The third-order valence-corrected chi connectivity index (χ3v) is 2.80. The summed E-state index contributed by atoms with van der Waals surface area (Å²) in [5, 5.41) is 0. The molecular formula is C14H20N2O4. The van der Waals surface area contributed by atoms with Crippen LogP contribution in [0, 0.1) is 0 Å². The van der Waals surface area contributed by atoms with Crippen LogP contribution in [0.2, 0.25) is 0 Å². The summed E-state index contributed by atoms with van der Waals surface area (Å²) >= 11 is 0. The molecule has 0 bridgehead atoms. The van der Waals surface area contributed by atoms with Crippen LogP contribution in [0.5, 0.6) is 5.75 Å². The molecule has 0 fully saturated rings. The molecule has 0 radical (unpaired) electrons. The van der Waals surface area contributed by atoms with Gasteiger partial charge in [0.25, 0.3) is 5.91 Å². The first-order valence-electron chi connectivity index (χ1n) is 6.32. The van der Waals surface area contributed by atoms with Gasteiger partial charge in [-0.1, -0.05) is 12.1 Å². The van der Waals surface area contributed by atoms with Gasteiger partial charge in [-0.2, -0.15) is 0 Å². The van der Waals surface area contributed by atoms with E-state index in [-0.39, 0.29) is 18.5 Å². The molecule has 0 saturated carbocycles. The van der Waals surface area contributed by atoms with E-state index in [4.69, 9.17) is 10.5 Å². The van der Waals surface area contributed by atoms with Crippen molar-refractivity contribution >= 4 is 17.6 Å². The van der Waals surface area contributed by atoms with Gasteiger partial charge in [0.05, 0.1) is 12.8 Å². The van der Waals surface area contributed by atoms with E-state index in [1.165, 1.54) is 12.0 Å². The highest BCUT2D eigenvalue weighted by atomic mass is 16.5. The average Bonchev–Trinajstić information content (AvgIpc) is 2.45. The van der Waals surface area contributed by atoms with Gasteiger partial charge in [-0.3, -0.25) is 9.59 Å². The number of benzene rings is 1. The second kappa shape index (κ2) is 8.04. The third-order valence-electron chi connectivity index (χ3n) is 2.80. The molecule has 0 aliphatic heterocycles. The Hall–Kier alpha value is -2.24. The standard InChI is InChI=1S/C14H20N2O4/c1-16(9-5-8-14(18)19-2)13(17)10-20-12-7-4-3-6-11(12)15/h3-4,6-7H,5,8-10,15H2,1-2H3. The van der Waals surface area contributed by atoms with Crippen LogP contribution in [0.15, 0.2) is 24.3 Å². The number of rotatable bonds is 7. The van der Waals surface area contributed by atoms with Gasteiger partial charge in [0.15, 0.2) is 6.61 Å². The maximum atomic E-state index is 11.8. The number of esters is 1. The van der Waals surface area contributed by atoms with Crippen LogP contribution in [0.1, 0.15) is 12.8 Å². The Balaban J connectivity index is 2.31. The number of amides is 1. The first kappa shape index (κ1) is 15.8. The van der Waals surface area contributed by atoms with E-state index >= 15 is 0 Å². The molecule has 6 heteroatoms. The van der Waals surface area contributed by atoms with Crippen LogP contribution in [0.3, 0.4) is 0 Å². The van der Waals surface area contributed by atoms with E-state index < -0.39 is 0 Å². The van der Waals surface area contributed by atoms with Gasteiger partial charge in [0.1, 0.15) is 5.75 Å². The first-order valence-corrected chi connectivity index (χ1v) is 6.32. The van der Waals surface area contributed by atoms with Gasteiger partial charge in [-0.25, -0.2) is 0 Å². The average molecular weight is 280 g/mol. The molecule has 0 aliphatic rings. The lowest BCUT2D eigenvalue weighted by Crippen LogP contribution is -2.32. The summed E-state index contributed by atoms with van der Waals surface area (Å²) in [6.45, 7) is 0.393. The molecule has 0 atom stereocenters. The van der Waals surface area contributed by atoms with Crippen LogP contribution in [-0.2, 0) is 14.3 Å². The van der Waals surface area contributed by atoms with Crippen molar-refractivity contribution in [3.05, 3.63) is 24.3 Å². The first-order chi connectivity index (χ1) is 9.54. The smallest absolute Gasteiger partial charge is 0.305 e. The Morgan fingerprint density at radius 1 is 1.30 bits per heavy atom. The molecule has 1 rings (SSSR count). The fourth-order valence-corrected chi connectivity index (χ4v) is 1.55. The molecule has 0 aromatic heterocycles. The van der Waals surface area contributed by atoms with Crippen molar-refractivity contribution in [3.63, 3.8) is 0 Å². The number of methoxy groups -OCH3 is 1. The Morgan fingerprint density at radius 2 is 2.00 bits per heavy atom. The predicted molar refractivity (Wildman–Crippen MR) is 75.2 cm³/mol. The zero-order chi connectivity index (χ0) is 15.0. The van der Waals surface area contributed by atoms with E-state index in [0.29, 0.717) is 30.8 Å². The number of hydrogen-bond acceptors (Lipinski definition) is 5. The summed E-state index contributed by atoms with van der Waals surface area (Å²) < 4.78 is 9.89. The quantitative estimate of drug-likeness (QED) is 0.596. The summed E-state index contributed by atoms with van der Waals surface area (Å²) in [7, 11) is 3.01. The van der Waals surface area contributed by atoms with Crippen molar-refractivity contribution in [1.82, 2.24) is 4.90 Å². The van der Waals surface area contributed by atoms with E-state index in [0.717, 1.165) is 0 Å². The molecule has 1 aromatic carbocycles. The normalized spacial score (nSPS) is 9.90. The maximum Gasteiger partial charge on any atom is 0.305 e. The number of anilines is 1. The Kier molecular flexibility index (Phi) is 6.36. The van der Waals surface area contributed by atoms with E-state index in [9.17, 15) is 9.59 Å². The number of para-hydroxylation sites is 2. The van der Waals surface area contributed by atoms with Gasteiger partial charge in [0, 0.05) is 20.0 Å². The van der Waals surface area contributed by atoms with Crippen LogP contribution in [0.25, 0.3) is 0 Å². The second-order valence-electron chi connectivity index (χ2n) is 4.32. The number of ether oxygens (including phenoxy) is 2. The maximum absolute atomic E-state index is 11.8. The Labute approximate surface area is 118 Å². The lowest BCUT2D eigenvalue weighted by atomic mass is 10.3. The van der Waals surface area contributed by atoms with Gasteiger partial charge < -0.3 is 20.1 Å². The minimum absolute atomic E-state index is 0.0804. The van der Waals surface area contributed by atoms with Gasteiger partial charge in [-0.15, -0.1) is 0 Å². The second-order valence-corrected chi connectivity index (χ2v) is 4.32. The SMILES string of the molecule is COC(=O)CCCN(C)C(=O)COc1ccccc1N. The number of carbonyl (C=O) groups is 2. The molecule has 0 unspecified atom stereocenters. The number of hydrogen-bond donors (Lipinski definition) is 1. The zero-order valence-corrected chi connectivity index (χ0v) is 11.8. The lowest BCUT2D eigenvalue weighted by molar-refractivity contribution is -0.141. The topological polar surface area (TPSA) is 81.9 Å². The van der Waals surface area contributed by atoms with Crippen LogP contribution >= 0.6 is 0 Å². The van der Waals surface area contributed by atoms with Gasteiger partial charge in [0.2, 0.25) is 0 Å². The van der Waals surface area contributed by atoms with Gasteiger partial charge >= 0.3 is 5.97 Å². The van der Waals surface area contributed by atoms with Crippen molar-refractivity contribution in [2.75, 3.05) is 33.0 Å². The molecule has 110 valence electrons. The minimum Gasteiger partial charge on any atom is -0.482 e. The molecule has 2 N–H and O–H groups in total. The summed E-state index contributed by atoms with van der Waals surface area (Å²) in [5.41, 5.74) is 6.20. The highest BCUT2D eigenvalue weighted by Gasteiger charge is 2.11. The minimum atomic E-state index is -0.279. The predicted octanol–water partition coefficient (Wildman–Crippen LogP) is 1.06. The largest absolute Gasteiger partial charge is 0.482 e. The monoisotopic (exact) mass is 280 g/mol. The summed E-state index contributed by atoms with van der Waals surface area (Å²) in [4.78, 5) is 24.3. The summed E-state index contributed by atoms with van der Waals surface area (Å²) in [6.07, 6.45) is 0.850. The van der Waals surface area contributed by atoms with Crippen molar-refractivity contribution < 1.29 is 19.1 Å². The highest BCUT2D eigenvalue weighted by molar-refractivity contribution is 5.77. The highest BCUT2D eigenvalue weighted by Crippen LogP contribution is 2.19. The molecule has 6 nitrogen and oxygen atoms in total. The molecule has 1 amide bonds. The number of nitrogens with two attached hydrogens (primary N) is 1. The molecule has 0 heterocycles. The summed E-state index contributed by atoms with van der Waals surface area (Å²) in [5.74, 6) is 0.0427. The Bertz CT molecular complexity index is 462. The van der Waals surface area contributed by atoms with Crippen molar-refractivity contribution in [3.8, 4) is 5.75 Å². The number of carbonyl (C=O) groups excluding carboxylic acids is 2. The van der Waals surface area contributed by atoms with Crippen molar-refractivity contribution in [1.29, 1.82) is 0 Å². The van der Waals surface area contributed by atoms with Crippen LogP contribution in [0.4, 0.5) is 5.69 Å². The Morgan fingerprint density at radius 3 is 2.65 bits per heavy atom. The van der Waals surface area contributed by atoms with E-state index in [1.54, 1.807) is 31.3 Å².